The number of amides is 2. The van der Waals surface area contributed by atoms with Gasteiger partial charge in [0.15, 0.2) is 0 Å². The largest absolute Gasteiger partial charge is 0.444 e. The van der Waals surface area contributed by atoms with E-state index in [1.54, 1.807) is 0 Å². The molecule has 2 aromatic carbocycles. The smallest absolute Gasteiger partial charge is 0.412 e. The zero-order valence-corrected chi connectivity index (χ0v) is 22.8. The van der Waals surface area contributed by atoms with Crippen molar-refractivity contribution >= 4 is 44.9 Å². The van der Waals surface area contributed by atoms with E-state index < -0.39 is 12.2 Å². The number of carbonyl (C=O) groups excluding carboxylic acids is 2. The van der Waals surface area contributed by atoms with Crippen molar-refractivity contribution in [3.8, 4) is 0 Å². The maximum absolute atomic E-state index is 12.2. The van der Waals surface area contributed by atoms with E-state index in [0.717, 1.165) is 70.8 Å². The van der Waals surface area contributed by atoms with Crippen LogP contribution in [-0.4, -0.2) is 12.2 Å². The van der Waals surface area contributed by atoms with Crippen LogP contribution in [0.15, 0.2) is 83.6 Å². The lowest BCUT2D eigenvalue weighted by molar-refractivity contribution is 0.154. The number of carbonyl (C=O) groups is 2. The average Bonchev–Trinajstić information content (AvgIpc) is 3.58. The fourth-order valence-corrected chi connectivity index (χ4v) is 5.64. The first-order valence-corrected chi connectivity index (χ1v) is 14.5. The summed E-state index contributed by atoms with van der Waals surface area (Å²) in [6.07, 6.45) is 5.26. The molecule has 0 saturated heterocycles. The number of nitrogens with one attached hydrogen (secondary N) is 2. The maximum atomic E-state index is 12.2. The van der Waals surface area contributed by atoms with Crippen molar-refractivity contribution in [3.05, 3.63) is 106 Å². The molecule has 8 heteroatoms. The fourth-order valence-electron chi connectivity index (χ4n) is 3.97. The molecule has 4 aromatic rings. The molecule has 198 valence electrons. The molecule has 2 aromatic heterocycles. The molecule has 0 aliphatic heterocycles. The number of rotatable bonds is 13. The Hall–Kier alpha value is -3.62. The number of thiophene rings is 2. The molecule has 0 aliphatic rings. The molecule has 0 aliphatic carbocycles. The summed E-state index contributed by atoms with van der Waals surface area (Å²) in [5, 5.41) is 11.5. The second kappa shape index (κ2) is 15.0. The average molecular weight is 549 g/mol. The van der Waals surface area contributed by atoms with Crippen LogP contribution in [-0.2, 0) is 35.5 Å². The molecule has 0 unspecified atom stereocenters. The van der Waals surface area contributed by atoms with E-state index in [0.29, 0.717) is 0 Å². The Morgan fingerprint density at radius 3 is 1.42 bits per heavy atom. The van der Waals surface area contributed by atoms with Crippen molar-refractivity contribution < 1.29 is 19.1 Å². The van der Waals surface area contributed by atoms with E-state index in [4.69, 9.17) is 9.47 Å². The van der Waals surface area contributed by atoms with Gasteiger partial charge in [-0.3, -0.25) is 10.6 Å². The number of aryl methyl sites for hydroxylation is 2. The molecule has 0 radical (unpaired) electrons. The molecule has 0 bridgehead atoms. The molecule has 4 rings (SSSR count). The maximum Gasteiger partial charge on any atom is 0.412 e. The SMILES string of the molecule is O=C(Nc1sccc1CCCCCCc1ccsc1NC(=O)OCc1ccccc1)OCc1ccccc1. The molecule has 0 fully saturated rings. The van der Waals surface area contributed by atoms with Gasteiger partial charge < -0.3 is 9.47 Å². The summed E-state index contributed by atoms with van der Waals surface area (Å²) < 4.78 is 10.7. The summed E-state index contributed by atoms with van der Waals surface area (Å²) in [5.41, 5.74) is 4.21. The highest BCUT2D eigenvalue weighted by atomic mass is 32.1. The summed E-state index contributed by atoms with van der Waals surface area (Å²) in [7, 11) is 0. The van der Waals surface area contributed by atoms with Gasteiger partial charge in [0.05, 0.1) is 0 Å². The van der Waals surface area contributed by atoms with Crippen LogP contribution in [0.25, 0.3) is 0 Å². The minimum absolute atomic E-state index is 0.254. The van der Waals surface area contributed by atoms with Crippen LogP contribution in [0.4, 0.5) is 19.6 Å². The highest BCUT2D eigenvalue weighted by Crippen LogP contribution is 2.27. The molecule has 0 spiro atoms. The van der Waals surface area contributed by atoms with Gasteiger partial charge in [-0.15, -0.1) is 22.7 Å². The van der Waals surface area contributed by atoms with Gasteiger partial charge in [0.1, 0.15) is 23.2 Å². The van der Waals surface area contributed by atoms with Gasteiger partial charge in [-0.25, -0.2) is 9.59 Å². The molecular formula is C30H32N2O4S2. The Balaban J connectivity index is 1.11. The number of hydrogen-bond acceptors (Lipinski definition) is 6. The lowest BCUT2D eigenvalue weighted by Crippen LogP contribution is -2.13. The topological polar surface area (TPSA) is 76.7 Å². The lowest BCUT2D eigenvalue weighted by Gasteiger charge is -2.09. The first-order valence-electron chi connectivity index (χ1n) is 12.8. The van der Waals surface area contributed by atoms with E-state index in [1.807, 2.05) is 71.4 Å². The Morgan fingerprint density at radius 1 is 0.579 bits per heavy atom. The number of benzene rings is 2. The Morgan fingerprint density at radius 2 is 1.00 bits per heavy atom. The summed E-state index contributed by atoms with van der Waals surface area (Å²) in [4.78, 5) is 24.4. The quantitative estimate of drug-likeness (QED) is 0.164. The summed E-state index contributed by atoms with van der Waals surface area (Å²) in [5.74, 6) is 0. The second-order valence-corrected chi connectivity index (χ2v) is 10.7. The van der Waals surface area contributed by atoms with Crippen molar-refractivity contribution in [1.29, 1.82) is 0 Å². The third-order valence-electron chi connectivity index (χ3n) is 5.99. The van der Waals surface area contributed by atoms with Crippen LogP contribution in [0.5, 0.6) is 0 Å². The van der Waals surface area contributed by atoms with Gasteiger partial charge in [0.2, 0.25) is 0 Å². The summed E-state index contributed by atoms with van der Waals surface area (Å²) in [6.45, 7) is 0.507. The Labute approximate surface area is 231 Å². The number of ether oxygens (including phenoxy) is 2. The molecule has 2 amide bonds. The van der Waals surface area contributed by atoms with E-state index in [2.05, 4.69) is 22.8 Å². The Kier molecular flexibility index (Phi) is 10.8. The van der Waals surface area contributed by atoms with E-state index in [9.17, 15) is 9.59 Å². The Bertz CT molecular complexity index is 1170. The zero-order valence-electron chi connectivity index (χ0n) is 21.2. The molecule has 0 atom stereocenters. The van der Waals surface area contributed by atoms with Crippen LogP contribution in [0, 0.1) is 0 Å². The zero-order chi connectivity index (χ0) is 26.4. The number of unbranched alkanes of at least 4 members (excludes halogenated alkanes) is 3. The normalized spacial score (nSPS) is 10.6. The molecule has 6 nitrogen and oxygen atoms in total. The van der Waals surface area contributed by atoms with Crippen molar-refractivity contribution in [1.82, 2.24) is 0 Å². The highest BCUT2D eigenvalue weighted by molar-refractivity contribution is 7.14. The minimum Gasteiger partial charge on any atom is -0.444 e. The van der Waals surface area contributed by atoms with Gasteiger partial charge in [-0.05, 0) is 70.8 Å². The van der Waals surface area contributed by atoms with Crippen LogP contribution < -0.4 is 10.6 Å². The first kappa shape index (κ1) is 27.4. The fraction of sp³-hybridized carbons (Fsp3) is 0.267. The third-order valence-corrected chi connectivity index (χ3v) is 7.74. The van der Waals surface area contributed by atoms with Gasteiger partial charge in [-0.2, -0.15) is 0 Å². The standard InChI is InChI=1S/C30H32N2O4S2/c33-29(35-21-23-11-5-3-6-12-23)31-27-25(17-19-37-27)15-9-1-2-10-16-26-18-20-38-28(26)32-30(34)36-22-24-13-7-4-8-14-24/h3-8,11-14,17-20H,1-2,9-10,15-16,21-22H2,(H,31,33)(H,32,34). The van der Waals surface area contributed by atoms with Gasteiger partial charge in [0.25, 0.3) is 0 Å². The van der Waals surface area contributed by atoms with Crippen molar-refractivity contribution in [3.63, 3.8) is 0 Å². The third kappa shape index (κ3) is 9.04. The monoisotopic (exact) mass is 548 g/mol. The summed E-state index contributed by atoms with van der Waals surface area (Å²) >= 11 is 3.04. The van der Waals surface area contributed by atoms with Crippen molar-refractivity contribution in [2.24, 2.45) is 0 Å². The van der Waals surface area contributed by atoms with Crippen molar-refractivity contribution in [2.45, 2.75) is 51.7 Å². The van der Waals surface area contributed by atoms with E-state index in [-0.39, 0.29) is 13.2 Å². The van der Waals surface area contributed by atoms with Crippen LogP contribution in [0.1, 0.15) is 47.9 Å². The highest BCUT2D eigenvalue weighted by Gasteiger charge is 2.11. The molecule has 38 heavy (non-hydrogen) atoms. The second-order valence-electron chi connectivity index (χ2n) is 8.84. The van der Waals surface area contributed by atoms with Crippen LogP contribution in [0.2, 0.25) is 0 Å². The minimum atomic E-state index is -0.429. The molecule has 0 saturated carbocycles. The van der Waals surface area contributed by atoms with Crippen LogP contribution in [0.3, 0.4) is 0 Å². The van der Waals surface area contributed by atoms with E-state index >= 15 is 0 Å². The molecule has 2 N–H and O–H groups in total. The number of hydrogen-bond donors (Lipinski definition) is 2. The van der Waals surface area contributed by atoms with Crippen molar-refractivity contribution in [2.75, 3.05) is 10.6 Å². The molecular weight excluding hydrogens is 516 g/mol. The first-order chi connectivity index (χ1) is 18.7. The van der Waals surface area contributed by atoms with E-state index in [1.165, 1.54) is 22.7 Å². The summed E-state index contributed by atoms with van der Waals surface area (Å²) in [6, 6.07) is 23.4. The van der Waals surface area contributed by atoms with Gasteiger partial charge in [-0.1, -0.05) is 73.5 Å². The lowest BCUT2D eigenvalue weighted by atomic mass is 10.1. The molecule has 2 heterocycles. The number of anilines is 2. The van der Waals surface area contributed by atoms with Gasteiger partial charge >= 0.3 is 12.2 Å². The van der Waals surface area contributed by atoms with Gasteiger partial charge in [0, 0.05) is 0 Å². The predicted molar refractivity (Wildman–Crippen MR) is 155 cm³/mol. The van der Waals surface area contributed by atoms with Crippen LogP contribution >= 0.6 is 22.7 Å². The predicted octanol–water partition coefficient (Wildman–Crippen LogP) is 8.65.